The predicted octanol–water partition coefficient (Wildman–Crippen LogP) is 3.25. The third kappa shape index (κ3) is 3.41. The average Bonchev–Trinajstić information content (AvgIpc) is 2.41. The van der Waals surface area contributed by atoms with Crippen molar-refractivity contribution in [2.45, 2.75) is 17.2 Å². The van der Waals surface area contributed by atoms with Gasteiger partial charge in [0.05, 0.1) is 26.5 Å². The molecule has 0 spiro atoms. The van der Waals surface area contributed by atoms with Gasteiger partial charge in [0, 0.05) is 12.1 Å². The molecule has 0 bridgehead atoms. The number of halogens is 2. The molecule has 0 fully saturated rings. The molecule has 0 amide bonds. The molecule has 19 heavy (non-hydrogen) atoms. The predicted molar refractivity (Wildman–Crippen MR) is 75.9 cm³/mol. The summed E-state index contributed by atoms with van der Waals surface area (Å²) in [4.78, 5) is 0.586. The molecule has 1 unspecified atom stereocenters. The first kappa shape index (κ1) is 14.2. The Balaban J connectivity index is 2.22. The van der Waals surface area contributed by atoms with Gasteiger partial charge in [-0.25, -0.2) is 4.39 Å². The van der Waals surface area contributed by atoms with Crippen LogP contribution in [0.5, 0.6) is 0 Å². The van der Waals surface area contributed by atoms with Gasteiger partial charge in [-0.2, -0.15) is 0 Å². The molecule has 0 aliphatic carbocycles. The second-order valence-electron chi connectivity index (χ2n) is 4.05. The lowest BCUT2D eigenvalue weighted by molar-refractivity contribution is 0.610. The summed E-state index contributed by atoms with van der Waals surface area (Å²) < 4.78 is 25.5. The lowest BCUT2D eigenvalue weighted by atomic mass is 10.1. The summed E-state index contributed by atoms with van der Waals surface area (Å²) in [6.45, 7) is 0.123. The Morgan fingerprint density at radius 1 is 1.21 bits per heavy atom. The third-order valence-electron chi connectivity index (χ3n) is 2.71. The average molecular weight is 298 g/mol. The molecule has 0 aromatic heterocycles. The maximum Gasteiger partial charge on any atom is 0.127 e. The summed E-state index contributed by atoms with van der Waals surface area (Å²) in [7, 11) is -1.26. The smallest absolute Gasteiger partial charge is 0.127 e. The monoisotopic (exact) mass is 297 g/mol. The van der Waals surface area contributed by atoms with Crippen molar-refractivity contribution >= 4 is 22.4 Å². The molecule has 1 atom stereocenters. The van der Waals surface area contributed by atoms with Gasteiger partial charge in [0.25, 0.3) is 0 Å². The maximum absolute atomic E-state index is 13.3. The van der Waals surface area contributed by atoms with Gasteiger partial charge in [0.15, 0.2) is 0 Å². The highest BCUT2D eigenvalue weighted by Crippen LogP contribution is 2.22. The van der Waals surface area contributed by atoms with E-state index in [1.807, 2.05) is 0 Å². The molecule has 2 aromatic carbocycles. The van der Waals surface area contributed by atoms with Crippen LogP contribution in [0.25, 0.3) is 0 Å². The van der Waals surface area contributed by atoms with E-state index in [0.717, 1.165) is 5.56 Å². The van der Waals surface area contributed by atoms with Gasteiger partial charge in [0.2, 0.25) is 0 Å². The summed E-state index contributed by atoms with van der Waals surface area (Å²) in [5, 5.41) is 0.474. The second kappa shape index (κ2) is 6.28. The van der Waals surface area contributed by atoms with Crippen LogP contribution in [0.2, 0.25) is 5.02 Å². The third-order valence-corrected chi connectivity index (χ3v) is 4.59. The van der Waals surface area contributed by atoms with Crippen molar-refractivity contribution in [3.8, 4) is 0 Å². The van der Waals surface area contributed by atoms with Gasteiger partial charge in [-0.15, -0.1) is 0 Å². The van der Waals surface area contributed by atoms with E-state index in [-0.39, 0.29) is 18.1 Å². The quantitative estimate of drug-likeness (QED) is 0.941. The standard InChI is InChI=1S/C14H13ClFNOS/c15-12-3-1-2-4-14(12)19(18)9-10-5-6-13(16)11(7-10)8-17/h1-7H,8-9,17H2. The maximum atomic E-state index is 13.3. The summed E-state index contributed by atoms with van der Waals surface area (Å²) >= 11 is 6.00. The van der Waals surface area contributed by atoms with Gasteiger partial charge >= 0.3 is 0 Å². The molecule has 2 rings (SSSR count). The molecule has 0 saturated carbocycles. The molecule has 2 nitrogen and oxygen atoms in total. The lowest BCUT2D eigenvalue weighted by Gasteiger charge is -2.07. The van der Waals surface area contributed by atoms with Crippen LogP contribution in [0.1, 0.15) is 11.1 Å². The highest BCUT2D eigenvalue weighted by molar-refractivity contribution is 7.84. The number of hydrogen-bond acceptors (Lipinski definition) is 2. The molecule has 0 aliphatic rings. The first-order valence-corrected chi connectivity index (χ1v) is 7.42. The van der Waals surface area contributed by atoms with Crippen molar-refractivity contribution in [1.82, 2.24) is 0 Å². The fraction of sp³-hybridized carbons (Fsp3) is 0.143. The van der Waals surface area contributed by atoms with E-state index >= 15 is 0 Å². The summed E-state index contributed by atoms with van der Waals surface area (Å²) in [5.74, 6) is -0.0495. The fourth-order valence-corrected chi connectivity index (χ4v) is 3.28. The molecule has 5 heteroatoms. The van der Waals surface area contributed by atoms with Crippen molar-refractivity contribution < 1.29 is 8.60 Å². The second-order valence-corrected chi connectivity index (χ2v) is 5.88. The minimum absolute atomic E-state index is 0.123. The SMILES string of the molecule is NCc1cc(CS(=O)c2ccccc2Cl)ccc1F. The molecule has 2 N–H and O–H groups in total. The molecular formula is C14H13ClFNOS. The Morgan fingerprint density at radius 2 is 1.95 bits per heavy atom. The highest BCUT2D eigenvalue weighted by atomic mass is 35.5. The minimum atomic E-state index is -1.26. The number of benzene rings is 2. The number of nitrogens with two attached hydrogens (primary N) is 1. The van der Waals surface area contributed by atoms with Crippen LogP contribution < -0.4 is 5.73 Å². The molecule has 2 aromatic rings. The van der Waals surface area contributed by atoms with E-state index in [2.05, 4.69) is 0 Å². The zero-order valence-corrected chi connectivity index (χ0v) is 11.7. The highest BCUT2D eigenvalue weighted by Gasteiger charge is 2.10. The number of rotatable bonds is 4. The van der Waals surface area contributed by atoms with Crippen LogP contribution >= 0.6 is 11.6 Å². The van der Waals surface area contributed by atoms with Crippen molar-refractivity contribution in [2.75, 3.05) is 0 Å². The first-order valence-electron chi connectivity index (χ1n) is 5.72. The molecule has 0 aliphatic heterocycles. The zero-order valence-electron chi connectivity index (χ0n) is 10.1. The molecule has 0 radical (unpaired) electrons. The first-order chi connectivity index (χ1) is 9.11. The van der Waals surface area contributed by atoms with Crippen molar-refractivity contribution in [1.29, 1.82) is 0 Å². The minimum Gasteiger partial charge on any atom is -0.326 e. The Hall–Kier alpha value is -1.23. The van der Waals surface area contributed by atoms with Crippen LogP contribution in [-0.2, 0) is 23.1 Å². The van der Waals surface area contributed by atoms with E-state index in [4.69, 9.17) is 17.3 Å². The summed E-state index contributed by atoms with van der Waals surface area (Å²) in [5.41, 5.74) is 6.65. The van der Waals surface area contributed by atoms with Crippen LogP contribution in [-0.4, -0.2) is 4.21 Å². The Labute approximate surface area is 118 Å². The normalized spacial score (nSPS) is 12.4. The summed E-state index contributed by atoms with van der Waals surface area (Å²) in [6.07, 6.45) is 0. The largest absolute Gasteiger partial charge is 0.326 e. The van der Waals surface area contributed by atoms with Crippen molar-refractivity contribution in [3.63, 3.8) is 0 Å². The van der Waals surface area contributed by atoms with Crippen LogP contribution in [0.3, 0.4) is 0 Å². The van der Waals surface area contributed by atoms with E-state index in [1.54, 1.807) is 36.4 Å². The fourth-order valence-electron chi connectivity index (χ4n) is 1.73. The van der Waals surface area contributed by atoms with Crippen LogP contribution in [0, 0.1) is 5.82 Å². The Kier molecular flexibility index (Phi) is 4.69. The van der Waals surface area contributed by atoms with Gasteiger partial charge in [-0.3, -0.25) is 4.21 Å². The van der Waals surface area contributed by atoms with Gasteiger partial charge in [-0.05, 0) is 23.8 Å². The Morgan fingerprint density at radius 3 is 2.63 bits per heavy atom. The zero-order chi connectivity index (χ0) is 13.8. The van der Waals surface area contributed by atoms with E-state index in [0.29, 0.717) is 15.5 Å². The number of hydrogen-bond donors (Lipinski definition) is 1. The van der Waals surface area contributed by atoms with Crippen molar-refractivity contribution in [3.05, 3.63) is 64.4 Å². The molecular weight excluding hydrogens is 285 g/mol. The van der Waals surface area contributed by atoms with Crippen molar-refractivity contribution in [2.24, 2.45) is 5.73 Å². The lowest BCUT2D eigenvalue weighted by Crippen LogP contribution is -2.03. The topological polar surface area (TPSA) is 43.1 Å². The molecule has 0 saturated heterocycles. The van der Waals surface area contributed by atoms with Crippen LogP contribution in [0.15, 0.2) is 47.4 Å². The summed E-state index contributed by atoms with van der Waals surface area (Å²) in [6, 6.07) is 11.6. The Bertz CT molecular complexity index is 618. The van der Waals surface area contributed by atoms with Gasteiger partial charge in [-0.1, -0.05) is 35.9 Å². The van der Waals surface area contributed by atoms with E-state index in [1.165, 1.54) is 6.07 Å². The van der Waals surface area contributed by atoms with Crippen LogP contribution in [0.4, 0.5) is 4.39 Å². The van der Waals surface area contributed by atoms with E-state index < -0.39 is 10.8 Å². The van der Waals surface area contributed by atoms with Gasteiger partial charge < -0.3 is 5.73 Å². The molecule has 0 heterocycles. The van der Waals surface area contributed by atoms with E-state index in [9.17, 15) is 8.60 Å². The van der Waals surface area contributed by atoms with Gasteiger partial charge in [0.1, 0.15) is 5.82 Å². The molecule has 100 valence electrons.